The number of hydrogen-bond donors (Lipinski definition) is 1. The summed E-state index contributed by atoms with van der Waals surface area (Å²) >= 11 is 0. The second-order valence-corrected chi connectivity index (χ2v) is 7.03. The van der Waals surface area contributed by atoms with E-state index in [1.54, 1.807) is 42.4 Å². The van der Waals surface area contributed by atoms with Crippen LogP contribution < -0.4 is 14.8 Å². The minimum absolute atomic E-state index is 0.115. The van der Waals surface area contributed by atoms with Gasteiger partial charge in [-0.15, -0.1) is 0 Å². The summed E-state index contributed by atoms with van der Waals surface area (Å²) in [6.45, 7) is 4.77. The standard InChI is InChI=1S/C24H28N2O5/c1-3-14-31-21-10-8-18(17-22(21)29-2)9-11-23(27)25-20-7-5-4-6-19(20)24(28)26-12-15-30-16-13-26/h4-11,17H,3,12-16H2,1-2H3,(H,25,27)/b11-9+. The number of anilines is 1. The first kappa shape index (κ1) is 22.4. The smallest absolute Gasteiger partial charge is 0.256 e. The highest BCUT2D eigenvalue weighted by molar-refractivity contribution is 6.07. The molecule has 0 unspecified atom stereocenters. The molecule has 0 aromatic heterocycles. The van der Waals surface area contributed by atoms with Gasteiger partial charge in [0.05, 0.1) is 38.2 Å². The predicted octanol–water partition coefficient (Wildman–Crippen LogP) is 3.61. The zero-order chi connectivity index (χ0) is 22.1. The van der Waals surface area contributed by atoms with Crippen molar-refractivity contribution < 1.29 is 23.8 Å². The van der Waals surface area contributed by atoms with Crippen molar-refractivity contribution >= 4 is 23.6 Å². The molecule has 0 atom stereocenters. The molecule has 3 rings (SSSR count). The lowest BCUT2D eigenvalue weighted by Crippen LogP contribution is -2.41. The van der Waals surface area contributed by atoms with Gasteiger partial charge in [0, 0.05) is 19.2 Å². The van der Waals surface area contributed by atoms with Gasteiger partial charge in [-0.25, -0.2) is 0 Å². The van der Waals surface area contributed by atoms with Crippen LogP contribution in [0.4, 0.5) is 5.69 Å². The summed E-state index contributed by atoms with van der Waals surface area (Å²) in [5.74, 6) is 0.835. The molecule has 164 valence electrons. The Bertz CT molecular complexity index is 935. The summed E-state index contributed by atoms with van der Waals surface area (Å²) in [6, 6.07) is 12.5. The molecule has 7 nitrogen and oxygen atoms in total. The van der Waals surface area contributed by atoms with Gasteiger partial charge in [0.2, 0.25) is 5.91 Å². The first-order valence-electron chi connectivity index (χ1n) is 10.4. The molecule has 2 aromatic rings. The Hall–Kier alpha value is -3.32. The number of methoxy groups -OCH3 is 1. The number of ether oxygens (including phenoxy) is 3. The number of carbonyl (C=O) groups excluding carboxylic acids is 2. The van der Waals surface area contributed by atoms with Gasteiger partial charge < -0.3 is 24.4 Å². The number of rotatable bonds is 8. The fourth-order valence-corrected chi connectivity index (χ4v) is 3.18. The van der Waals surface area contributed by atoms with Crippen LogP contribution in [0.5, 0.6) is 11.5 Å². The van der Waals surface area contributed by atoms with Crippen molar-refractivity contribution in [1.82, 2.24) is 4.90 Å². The summed E-state index contributed by atoms with van der Waals surface area (Å²) in [6.07, 6.45) is 4.02. The van der Waals surface area contributed by atoms with Crippen LogP contribution in [0.1, 0.15) is 29.3 Å². The van der Waals surface area contributed by atoms with Crippen LogP contribution in [0.2, 0.25) is 0 Å². The number of benzene rings is 2. The van der Waals surface area contributed by atoms with Crippen LogP contribution in [0.15, 0.2) is 48.5 Å². The van der Waals surface area contributed by atoms with E-state index in [1.807, 2.05) is 25.1 Å². The Labute approximate surface area is 182 Å². The predicted molar refractivity (Wildman–Crippen MR) is 120 cm³/mol. The molecule has 1 aliphatic heterocycles. The van der Waals surface area contributed by atoms with Crippen LogP contribution in [0, 0.1) is 0 Å². The lowest BCUT2D eigenvalue weighted by atomic mass is 10.1. The van der Waals surface area contributed by atoms with Crippen molar-refractivity contribution in [3.63, 3.8) is 0 Å². The Balaban J connectivity index is 1.68. The average molecular weight is 424 g/mol. The van der Waals surface area contributed by atoms with Gasteiger partial charge in [-0.2, -0.15) is 0 Å². The fourth-order valence-electron chi connectivity index (χ4n) is 3.18. The zero-order valence-corrected chi connectivity index (χ0v) is 17.9. The minimum Gasteiger partial charge on any atom is -0.493 e. The minimum atomic E-state index is -0.326. The Morgan fingerprint density at radius 3 is 2.65 bits per heavy atom. The van der Waals surface area contributed by atoms with E-state index in [4.69, 9.17) is 14.2 Å². The number of nitrogens with zero attached hydrogens (tertiary/aromatic N) is 1. The monoisotopic (exact) mass is 424 g/mol. The van der Waals surface area contributed by atoms with Crippen LogP contribution >= 0.6 is 0 Å². The van der Waals surface area contributed by atoms with Gasteiger partial charge >= 0.3 is 0 Å². The number of amides is 2. The van der Waals surface area contributed by atoms with E-state index < -0.39 is 0 Å². The number of para-hydroxylation sites is 1. The van der Waals surface area contributed by atoms with E-state index >= 15 is 0 Å². The highest BCUT2D eigenvalue weighted by atomic mass is 16.5. The molecular formula is C24H28N2O5. The molecule has 1 N–H and O–H groups in total. The molecule has 0 radical (unpaired) electrons. The number of hydrogen-bond acceptors (Lipinski definition) is 5. The number of nitrogens with one attached hydrogen (secondary N) is 1. The summed E-state index contributed by atoms with van der Waals surface area (Å²) < 4.78 is 16.3. The Kier molecular flexibility index (Phi) is 8.06. The lowest BCUT2D eigenvalue weighted by molar-refractivity contribution is -0.111. The molecule has 0 spiro atoms. The first-order valence-corrected chi connectivity index (χ1v) is 10.4. The zero-order valence-electron chi connectivity index (χ0n) is 17.9. The maximum Gasteiger partial charge on any atom is 0.256 e. The maximum atomic E-state index is 12.8. The SMILES string of the molecule is CCCOc1ccc(/C=C/C(=O)Nc2ccccc2C(=O)N2CCOCC2)cc1OC. The largest absolute Gasteiger partial charge is 0.493 e. The second kappa shape index (κ2) is 11.2. The lowest BCUT2D eigenvalue weighted by Gasteiger charge is -2.27. The van der Waals surface area contributed by atoms with Gasteiger partial charge in [-0.3, -0.25) is 9.59 Å². The van der Waals surface area contributed by atoms with Gasteiger partial charge in [-0.05, 0) is 42.3 Å². The molecule has 0 saturated carbocycles. The Morgan fingerprint density at radius 2 is 1.90 bits per heavy atom. The van der Waals surface area contributed by atoms with Gasteiger partial charge in [0.1, 0.15) is 0 Å². The molecule has 1 aliphatic rings. The highest BCUT2D eigenvalue weighted by Gasteiger charge is 2.21. The van der Waals surface area contributed by atoms with E-state index in [-0.39, 0.29) is 11.8 Å². The quantitative estimate of drug-likeness (QED) is 0.655. The van der Waals surface area contributed by atoms with Crippen molar-refractivity contribution in [3.8, 4) is 11.5 Å². The number of carbonyl (C=O) groups is 2. The maximum absolute atomic E-state index is 12.8. The molecule has 0 aliphatic carbocycles. The molecule has 1 heterocycles. The van der Waals surface area contributed by atoms with E-state index in [1.165, 1.54) is 6.08 Å². The van der Waals surface area contributed by atoms with E-state index in [0.717, 1.165) is 12.0 Å². The first-order chi connectivity index (χ1) is 15.1. The van der Waals surface area contributed by atoms with Crippen LogP contribution in [0.3, 0.4) is 0 Å². The summed E-state index contributed by atoms with van der Waals surface area (Å²) in [4.78, 5) is 27.1. The molecule has 7 heteroatoms. The van der Waals surface area contributed by atoms with Crippen LogP contribution in [-0.4, -0.2) is 56.7 Å². The molecule has 31 heavy (non-hydrogen) atoms. The third kappa shape index (κ3) is 6.08. The van der Waals surface area contributed by atoms with Crippen molar-refractivity contribution in [3.05, 3.63) is 59.7 Å². The molecule has 1 saturated heterocycles. The fraction of sp³-hybridized carbons (Fsp3) is 0.333. The van der Waals surface area contributed by atoms with Crippen molar-refractivity contribution in [2.45, 2.75) is 13.3 Å². The summed E-state index contributed by atoms with van der Waals surface area (Å²) in [5, 5.41) is 2.81. The van der Waals surface area contributed by atoms with E-state index in [9.17, 15) is 9.59 Å². The molecule has 2 amide bonds. The van der Waals surface area contributed by atoms with Crippen LogP contribution in [-0.2, 0) is 9.53 Å². The van der Waals surface area contributed by atoms with Gasteiger partial charge in [0.15, 0.2) is 11.5 Å². The molecular weight excluding hydrogens is 396 g/mol. The van der Waals surface area contributed by atoms with Crippen molar-refractivity contribution in [2.75, 3.05) is 45.3 Å². The van der Waals surface area contributed by atoms with E-state index in [0.29, 0.717) is 55.7 Å². The third-order valence-corrected chi connectivity index (χ3v) is 4.79. The molecule has 1 fully saturated rings. The topological polar surface area (TPSA) is 77.1 Å². The normalized spacial score (nSPS) is 13.8. The average Bonchev–Trinajstić information content (AvgIpc) is 2.82. The van der Waals surface area contributed by atoms with Crippen molar-refractivity contribution in [1.29, 1.82) is 0 Å². The molecule has 0 bridgehead atoms. The van der Waals surface area contributed by atoms with Crippen LogP contribution in [0.25, 0.3) is 6.08 Å². The second-order valence-electron chi connectivity index (χ2n) is 7.03. The summed E-state index contributed by atoms with van der Waals surface area (Å²) in [5.41, 5.74) is 1.74. The molecule has 2 aromatic carbocycles. The highest BCUT2D eigenvalue weighted by Crippen LogP contribution is 2.28. The van der Waals surface area contributed by atoms with Gasteiger partial charge in [0.25, 0.3) is 5.91 Å². The van der Waals surface area contributed by atoms with E-state index in [2.05, 4.69) is 5.32 Å². The van der Waals surface area contributed by atoms with Gasteiger partial charge in [-0.1, -0.05) is 25.1 Å². The van der Waals surface area contributed by atoms with Crippen molar-refractivity contribution in [2.24, 2.45) is 0 Å². The number of morpholine rings is 1. The summed E-state index contributed by atoms with van der Waals surface area (Å²) in [7, 11) is 1.58. The Morgan fingerprint density at radius 1 is 1.13 bits per heavy atom. The third-order valence-electron chi connectivity index (χ3n) is 4.79.